The van der Waals surface area contributed by atoms with Crippen LogP contribution in [0.3, 0.4) is 0 Å². The molecular weight excluding hydrogens is 396 g/mol. The van der Waals surface area contributed by atoms with Gasteiger partial charge in [-0.2, -0.15) is 0 Å². The van der Waals surface area contributed by atoms with E-state index in [4.69, 9.17) is 9.72 Å². The van der Waals surface area contributed by atoms with Crippen LogP contribution in [-0.4, -0.2) is 73.8 Å². The Hall–Kier alpha value is -1.95. The maximum Gasteiger partial charge on any atom is 0.0544 e. The van der Waals surface area contributed by atoms with Crippen LogP contribution >= 0.6 is 0 Å². The summed E-state index contributed by atoms with van der Waals surface area (Å²) in [6, 6.07) is 9.73. The molecule has 0 atom stereocenters. The summed E-state index contributed by atoms with van der Waals surface area (Å²) in [6.07, 6.45) is 5.52. The van der Waals surface area contributed by atoms with Crippen molar-refractivity contribution in [1.29, 1.82) is 0 Å². The van der Waals surface area contributed by atoms with Crippen molar-refractivity contribution in [1.82, 2.24) is 14.8 Å². The molecule has 174 valence electrons. The average molecular weight is 437 g/mol. The Morgan fingerprint density at radius 1 is 1.03 bits per heavy atom. The molecule has 0 amide bonds. The van der Waals surface area contributed by atoms with Gasteiger partial charge in [0.25, 0.3) is 0 Å². The predicted molar refractivity (Wildman–Crippen MR) is 133 cm³/mol. The number of nitrogens with zero attached hydrogens (tertiary/aromatic N) is 4. The van der Waals surface area contributed by atoms with Crippen LogP contribution in [0.1, 0.15) is 43.0 Å². The quantitative estimate of drug-likeness (QED) is 0.665. The molecule has 0 radical (unpaired) electrons. The molecule has 32 heavy (non-hydrogen) atoms. The monoisotopic (exact) mass is 436 g/mol. The van der Waals surface area contributed by atoms with E-state index in [1.807, 2.05) is 0 Å². The lowest BCUT2D eigenvalue weighted by molar-refractivity contribution is 0.0846. The number of aromatic nitrogens is 1. The minimum Gasteiger partial charge on any atom is -0.381 e. The molecule has 0 spiro atoms. The number of rotatable bonds is 6. The molecule has 0 saturated carbocycles. The van der Waals surface area contributed by atoms with E-state index >= 15 is 0 Å². The Morgan fingerprint density at radius 2 is 1.84 bits per heavy atom. The highest BCUT2D eigenvalue weighted by Gasteiger charge is 2.23. The van der Waals surface area contributed by atoms with Gasteiger partial charge in [-0.1, -0.05) is 12.1 Å². The normalized spacial score (nSPS) is 19.1. The highest BCUT2D eigenvalue weighted by Crippen LogP contribution is 2.33. The molecule has 5 heteroatoms. The van der Waals surface area contributed by atoms with Crippen LogP contribution < -0.4 is 4.90 Å². The zero-order valence-corrected chi connectivity index (χ0v) is 20.4. The maximum absolute atomic E-state index is 5.61. The van der Waals surface area contributed by atoms with E-state index < -0.39 is 0 Å². The number of likely N-dealkylation sites (N-methyl/N-ethyl adjacent to an activating group) is 1. The third kappa shape index (κ3) is 5.51. The fourth-order valence-electron chi connectivity index (χ4n) is 5.10. The van der Waals surface area contributed by atoms with Crippen molar-refractivity contribution in [3.63, 3.8) is 0 Å². The molecular formula is C27H40N4O. The molecule has 0 N–H and O–H groups in total. The molecule has 2 aliphatic heterocycles. The van der Waals surface area contributed by atoms with Gasteiger partial charge >= 0.3 is 0 Å². The van der Waals surface area contributed by atoms with Crippen molar-refractivity contribution in [2.45, 2.75) is 52.6 Å². The van der Waals surface area contributed by atoms with Gasteiger partial charge in [0.05, 0.1) is 5.69 Å². The van der Waals surface area contributed by atoms with Gasteiger partial charge in [-0.3, -0.25) is 9.88 Å². The molecule has 1 aromatic heterocycles. The molecule has 2 aliphatic rings. The van der Waals surface area contributed by atoms with Crippen LogP contribution in [0, 0.1) is 13.8 Å². The standard InChI is InChI=1S/C27H40N4O/c1-5-31(26-9-15-32-16-10-26)27-18-24(17-21(2)22(27)3)23-7-8-25(28-19-23)20-30-12-6-11-29(4)13-14-30/h7-8,17-19,26H,5-6,9-16,20H2,1-4H3. The lowest BCUT2D eigenvalue weighted by Gasteiger charge is -2.37. The molecule has 2 saturated heterocycles. The number of hydrogen-bond donors (Lipinski definition) is 0. The Morgan fingerprint density at radius 3 is 2.56 bits per heavy atom. The van der Waals surface area contributed by atoms with Crippen molar-refractivity contribution < 1.29 is 4.74 Å². The SMILES string of the molecule is CCN(c1cc(-c2ccc(CN3CCCN(C)CC3)nc2)cc(C)c1C)C1CCOCC1. The first-order valence-corrected chi connectivity index (χ1v) is 12.4. The minimum atomic E-state index is 0.565. The first-order valence-electron chi connectivity index (χ1n) is 12.4. The topological polar surface area (TPSA) is 31.8 Å². The third-order valence-corrected chi connectivity index (χ3v) is 7.28. The Balaban J connectivity index is 1.53. The molecule has 2 aromatic rings. The van der Waals surface area contributed by atoms with Gasteiger partial charge in [0.1, 0.15) is 0 Å². The van der Waals surface area contributed by atoms with Gasteiger partial charge in [-0.15, -0.1) is 0 Å². The van der Waals surface area contributed by atoms with Crippen molar-refractivity contribution in [2.75, 3.05) is 57.9 Å². The summed E-state index contributed by atoms with van der Waals surface area (Å²) >= 11 is 0. The van der Waals surface area contributed by atoms with Crippen molar-refractivity contribution in [3.05, 3.63) is 47.3 Å². The van der Waals surface area contributed by atoms with E-state index in [1.165, 1.54) is 46.6 Å². The first-order chi connectivity index (χ1) is 15.5. The lowest BCUT2D eigenvalue weighted by Crippen LogP contribution is -2.39. The molecule has 1 aromatic carbocycles. The van der Waals surface area contributed by atoms with E-state index in [0.717, 1.165) is 58.8 Å². The van der Waals surface area contributed by atoms with Crippen LogP contribution in [0.5, 0.6) is 0 Å². The number of anilines is 1. The van der Waals surface area contributed by atoms with Crippen LogP contribution in [0.15, 0.2) is 30.5 Å². The summed E-state index contributed by atoms with van der Waals surface area (Å²) in [5.74, 6) is 0. The lowest BCUT2D eigenvalue weighted by atomic mass is 9.97. The molecule has 5 nitrogen and oxygen atoms in total. The Bertz CT molecular complexity index is 876. The average Bonchev–Trinajstić information content (AvgIpc) is 3.02. The molecule has 0 bridgehead atoms. The van der Waals surface area contributed by atoms with Gasteiger partial charge in [0.15, 0.2) is 0 Å². The number of benzene rings is 1. The van der Waals surface area contributed by atoms with Crippen LogP contribution in [0.4, 0.5) is 5.69 Å². The Labute approximate surface area is 194 Å². The summed E-state index contributed by atoms with van der Waals surface area (Å²) < 4.78 is 5.61. The minimum absolute atomic E-state index is 0.565. The number of pyridine rings is 1. The van der Waals surface area contributed by atoms with E-state index in [2.05, 4.69) is 73.0 Å². The second-order valence-corrected chi connectivity index (χ2v) is 9.54. The highest BCUT2D eigenvalue weighted by molar-refractivity contribution is 5.72. The van der Waals surface area contributed by atoms with E-state index in [9.17, 15) is 0 Å². The van der Waals surface area contributed by atoms with Crippen molar-refractivity contribution >= 4 is 5.69 Å². The van der Waals surface area contributed by atoms with E-state index in [1.54, 1.807) is 0 Å². The summed E-state index contributed by atoms with van der Waals surface area (Å²) in [5, 5.41) is 0. The third-order valence-electron chi connectivity index (χ3n) is 7.28. The van der Waals surface area contributed by atoms with Crippen molar-refractivity contribution in [3.8, 4) is 11.1 Å². The first kappa shape index (κ1) is 23.2. The van der Waals surface area contributed by atoms with Gasteiger partial charge < -0.3 is 14.5 Å². The summed E-state index contributed by atoms with van der Waals surface area (Å²) in [5.41, 5.74) is 7.74. The van der Waals surface area contributed by atoms with Gasteiger partial charge in [0.2, 0.25) is 0 Å². The second-order valence-electron chi connectivity index (χ2n) is 9.54. The van der Waals surface area contributed by atoms with Crippen LogP contribution in [0.25, 0.3) is 11.1 Å². The fourth-order valence-corrected chi connectivity index (χ4v) is 5.10. The fraction of sp³-hybridized carbons (Fsp3) is 0.593. The smallest absolute Gasteiger partial charge is 0.0544 e. The van der Waals surface area contributed by atoms with Crippen molar-refractivity contribution in [2.24, 2.45) is 0 Å². The largest absolute Gasteiger partial charge is 0.381 e. The highest BCUT2D eigenvalue weighted by atomic mass is 16.5. The molecule has 0 aliphatic carbocycles. The Kier molecular flexibility index (Phi) is 7.82. The maximum atomic E-state index is 5.61. The number of ether oxygens (including phenoxy) is 1. The molecule has 4 rings (SSSR count). The van der Waals surface area contributed by atoms with E-state index in [0.29, 0.717) is 6.04 Å². The summed E-state index contributed by atoms with van der Waals surface area (Å²) in [7, 11) is 2.22. The molecule has 0 unspecified atom stereocenters. The zero-order valence-electron chi connectivity index (χ0n) is 20.4. The van der Waals surface area contributed by atoms with Crippen LogP contribution in [0.2, 0.25) is 0 Å². The zero-order chi connectivity index (χ0) is 22.5. The number of aryl methyl sites for hydroxylation is 1. The van der Waals surface area contributed by atoms with Gasteiger partial charge in [0, 0.05) is 62.9 Å². The summed E-state index contributed by atoms with van der Waals surface area (Å²) in [4.78, 5) is 12.4. The van der Waals surface area contributed by atoms with Gasteiger partial charge in [-0.25, -0.2) is 0 Å². The van der Waals surface area contributed by atoms with Gasteiger partial charge in [-0.05, 0) is 89.0 Å². The molecule has 2 fully saturated rings. The number of hydrogen-bond acceptors (Lipinski definition) is 5. The molecule has 3 heterocycles. The second kappa shape index (κ2) is 10.8. The van der Waals surface area contributed by atoms with Crippen LogP contribution in [-0.2, 0) is 11.3 Å². The van der Waals surface area contributed by atoms with E-state index in [-0.39, 0.29) is 0 Å². The summed E-state index contributed by atoms with van der Waals surface area (Å²) in [6.45, 7) is 15.1. The predicted octanol–water partition coefficient (Wildman–Crippen LogP) is 4.51.